The van der Waals surface area contributed by atoms with Crippen LogP contribution < -0.4 is 5.73 Å². The molecule has 1 aromatic carbocycles. The first-order valence-electron chi connectivity index (χ1n) is 7.34. The fourth-order valence-corrected chi connectivity index (χ4v) is 2.55. The van der Waals surface area contributed by atoms with Crippen LogP contribution in [-0.4, -0.2) is 49.8 Å². The van der Waals surface area contributed by atoms with Crippen LogP contribution in [0.4, 0.5) is 0 Å². The van der Waals surface area contributed by atoms with Gasteiger partial charge in [-0.2, -0.15) is 0 Å². The molecule has 1 saturated heterocycles. The Balaban J connectivity index is 2.02. The molecule has 1 fully saturated rings. The van der Waals surface area contributed by atoms with Gasteiger partial charge in [0.1, 0.15) is 6.10 Å². The van der Waals surface area contributed by atoms with Crippen LogP contribution in [0.5, 0.6) is 0 Å². The van der Waals surface area contributed by atoms with Crippen LogP contribution in [0.2, 0.25) is 0 Å². The van der Waals surface area contributed by atoms with E-state index < -0.39 is 0 Å². The van der Waals surface area contributed by atoms with Gasteiger partial charge in [-0.05, 0) is 12.5 Å². The summed E-state index contributed by atoms with van der Waals surface area (Å²) >= 11 is 0. The highest BCUT2D eigenvalue weighted by Gasteiger charge is 2.31. The van der Waals surface area contributed by atoms with Crippen molar-refractivity contribution in [1.29, 1.82) is 0 Å². The first-order valence-corrected chi connectivity index (χ1v) is 7.34. The van der Waals surface area contributed by atoms with Gasteiger partial charge in [0.05, 0.1) is 31.7 Å². The lowest BCUT2D eigenvalue weighted by molar-refractivity contribution is -0.146. The van der Waals surface area contributed by atoms with Crippen LogP contribution in [0, 0.1) is 0 Å². The van der Waals surface area contributed by atoms with Crippen molar-refractivity contribution < 1.29 is 14.3 Å². The highest BCUT2D eigenvalue weighted by molar-refractivity contribution is 5.77. The van der Waals surface area contributed by atoms with Crippen LogP contribution >= 0.6 is 0 Å². The van der Waals surface area contributed by atoms with Gasteiger partial charge in [-0.3, -0.25) is 4.79 Å². The van der Waals surface area contributed by atoms with Crippen LogP contribution in [0.1, 0.15) is 25.0 Å². The molecule has 2 N–H and O–H groups in total. The third kappa shape index (κ3) is 4.03. The number of amides is 1. The van der Waals surface area contributed by atoms with Gasteiger partial charge in [-0.15, -0.1) is 0 Å². The molecular weight excluding hydrogens is 268 g/mol. The Morgan fingerprint density at radius 2 is 2.19 bits per heavy atom. The monoisotopic (exact) mass is 292 g/mol. The fourth-order valence-electron chi connectivity index (χ4n) is 2.55. The molecule has 1 heterocycles. The Kier molecular flexibility index (Phi) is 5.73. The van der Waals surface area contributed by atoms with E-state index in [0.717, 1.165) is 5.56 Å². The molecular formula is C16H24N2O3. The fraction of sp³-hybridized carbons (Fsp3) is 0.562. The van der Waals surface area contributed by atoms with Crippen LogP contribution in [0.15, 0.2) is 30.3 Å². The topological polar surface area (TPSA) is 64.8 Å². The Labute approximate surface area is 126 Å². The van der Waals surface area contributed by atoms with Crippen LogP contribution in [0.3, 0.4) is 0 Å². The molecule has 5 nitrogen and oxygen atoms in total. The van der Waals surface area contributed by atoms with Crippen molar-refractivity contribution in [3.8, 4) is 0 Å². The largest absolute Gasteiger partial charge is 0.380 e. The standard InChI is InChI=1S/C16H24N2O3/c1-12-11-21-15(13-6-4-3-5-7-13)10-18(12)16(19)8-14(9-17)20-2/h3-7,12,14-15H,8-11,17H2,1-2H3. The number of hydrogen-bond acceptors (Lipinski definition) is 4. The Hall–Kier alpha value is -1.43. The molecule has 5 heteroatoms. The van der Waals surface area contributed by atoms with Gasteiger partial charge >= 0.3 is 0 Å². The molecule has 0 aliphatic carbocycles. The summed E-state index contributed by atoms with van der Waals surface area (Å²) in [6.45, 7) is 3.48. The van der Waals surface area contributed by atoms with E-state index in [1.54, 1.807) is 7.11 Å². The summed E-state index contributed by atoms with van der Waals surface area (Å²) in [5.74, 6) is 0.0732. The van der Waals surface area contributed by atoms with E-state index in [1.807, 2.05) is 42.2 Å². The molecule has 0 saturated carbocycles. The lowest BCUT2D eigenvalue weighted by Crippen LogP contribution is -2.49. The smallest absolute Gasteiger partial charge is 0.225 e. The van der Waals surface area contributed by atoms with Gasteiger partial charge in [0.15, 0.2) is 0 Å². The van der Waals surface area contributed by atoms with Gasteiger partial charge < -0.3 is 20.1 Å². The summed E-state index contributed by atoms with van der Waals surface area (Å²) in [5, 5.41) is 0. The second-order valence-electron chi connectivity index (χ2n) is 5.43. The molecule has 3 unspecified atom stereocenters. The number of nitrogens with two attached hydrogens (primary N) is 1. The number of benzene rings is 1. The van der Waals surface area contributed by atoms with Crippen molar-refractivity contribution >= 4 is 5.91 Å². The molecule has 2 rings (SSSR count). The van der Waals surface area contributed by atoms with Crippen molar-refractivity contribution in [1.82, 2.24) is 4.90 Å². The van der Waals surface area contributed by atoms with Crippen LogP contribution in [0.25, 0.3) is 0 Å². The second kappa shape index (κ2) is 7.54. The summed E-state index contributed by atoms with van der Waals surface area (Å²) in [4.78, 5) is 14.3. The van der Waals surface area contributed by atoms with E-state index in [1.165, 1.54) is 0 Å². The number of carbonyl (C=O) groups is 1. The van der Waals surface area contributed by atoms with Crippen LogP contribution in [-0.2, 0) is 14.3 Å². The van der Waals surface area contributed by atoms with Crippen molar-refractivity contribution in [3.63, 3.8) is 0 Å². The maximum Gasteiger partial charge on any atom is 0.225 e. The molecule has 0 bridgehead atoms. The molecule has 1 aliphatic heterocycles. The Bertz CT molecular complexity index is 448. The maximum atomic E-state index is 12.4. The van der Waals surface area contributed by atoms with E-state index in [4.69, 9.17) is 15.2 Å². The second-order valence-corrected chi connectivity index (χ2v) is 5.43. The summed E-state index contributed by atoms with van der Waals surface area (Å²) < 4.78 is 11.1. The minimum Gasteiger partial charge on any atom is -0.380 e. The summed E-state index contributed by atoms with van der Waals surface area (Å²) in [6.07, 6.45) is 0.0340. The lowest BCUT2D eigenvalue weighted by Gasteiger charge is -2.38. The van der Waals surface area contributed by atoms with Crippen molar-refractivity contribution in [3.05, 3.63) is 35.9 Å². The predicted molar refractivity (Wildman–Crippen MR) is 80.8 cm³/mol. The number of morpholine rings is 1. The number of methoxy groups -OCH3 is 1. The average Bonchev–Trinajstić information content (AvgIpc) is 2.53. The summed E-state index contributed by atoms with van der Waals surface area (Å²) in [7, 11) is 1.58. The normalized spacial score (nSPS) is 23.9. The Morgan fingerprint density at radius 3 is 2.81 bits per heavy atom. The number of ether oxygens (including phenoxy) is 2. The number of carbonyl (C=O) groups excluding carboxylic acids is 1. The highest BCUT2D eigenvalue weighted by atomic mass is 16.5. The predicted octanol–water partition coefficient (Wildman–Crippen LogP) is 1.34. The van der Waals surface area contributed by atoms with Gasteiger partial charge in [0, 0.05) is 13.7 Å². The summed E-state index contributed by atoms with van der Waals surface area (Å²) in [5.41, 5.74) is 6.69. The molecule has 116 valence electrons. The van der Waals surface area contributed by atoms with Gasteiger partial charge in [-0.1, -0.05) is 30.3 Å². The quantitative estimate of drug-likeness (QED) is 0.889. The first-order chi connectivity index (χ1) is 10.2. The van der Waals surface area contributed by atoms with E-state index in [-0.39, 0.29) is 24.2 Å². The Morgan fingerprint density at radius 1 is 1.48 bits per heavy atom. The minimum absolute atomic E-state index is 0.0646. The third-order valence-corrected chi connectivity index (χ3v) is 3.92. The zero-order valence-corrected chi connectivity index (χ0v) is 12.7. The molecule has 21 heavy (non-hydrogen) atoms. The van der Waals surface area contributed by atoms with E-state index >= 15 is 0 Å². The first kappa shape index (κ1) is 15.9. The minimum atomic E-state index is -0.220. The molecule has 0 radical (unpaired) electrons. The maximum absolute atomic E-state index is 12.4. The zero-order valence-electron chi connectivity index (χ0n) is 12.7. The molecule has 1 aromatic rings. The molecule has 3 atom stereocenters. The van der Waals surface area contributed by atoms with E-state index in [9.17, 15) is 4.79 Å². The highest BCUT2D eigenvalue weighted by Crippen LogP contribution is 2.25. The number of rotatable bonds is 5. The molecule has 0 spiro atoms. The zero-order chi connectivity index (χ0) is 15.2. The van der Waals surface area contributed by atoms with Gasteiger partial charge in [-0.25, -0.2) is 0 Å². The van der Waals surface area contributed by atoms with E-state index in [0.29, 0.717) is 26.1 Å². The average molecular weight is 292 g/mol. The van der Waals surface area contributed by atoms with Crippen molar-refractivity contribution in [2.75, 3.05) is 26.8 Å². The van der Waals surface area contributed by atoms with Crippen molar-refractivity contribution in [2.45, 2.75) is 31.6 Å². The van der Waals surface area contributed by atoms with Gasteiger partial charge in [0.25, 0.3) is 0 Å². The third-order valence-electron chi connectivity index (χ3n) is 3.92. The van der Waals surface area contributed by atoms with E-state index in [2.05, 4.69) is 0 Å². The molecule has 0 aromatic heterocycles. The number of hydrogen-bond donors (Lipinski definition) is 1. The SMILES string of the molecule is COC(CN)CC(=O)N1CC(c2ccccc2)OCC1C. The van der Waals surface area contributed by atoms with Crippen molar-refractivity contribution in [2.24, 2.45) is 5.73 Å². The summed E-state index contributed by atoms with van der Waals surface area (Å²) in [6, 6.07) is 10.1. The lowest BCUT2D eigenvalue weighted by atomic mass is 10.1. The number of nitrogens with zero attached hydrogens (tertiary/aromatic N) is 1. The molecule has 1 amide bonds. The molecule has 1 aliphatic rings. The van der Waals surface area contributed by atoms with Gasteiger partial charge in [0.2, 0.25) is 5.91 Å².